The van der Waals surface area contributed by atoms with Crippen LogP contribution in [0.1, 0.15) is 35.7 Å². The van der Waals surface area contributed by atoms with E-state index in [-0.39, 0.29) is 24.7 Å². The van der Waals surface area contributed by atoms with Crippen molar-refractivity contribution >= 4 is 18.2 Å². The van der Waals surface area contributed by atoms with Gasteiger partial charge in [-0.2, -0.15) is 0 Å². The fourth-order valence-corrected chi connectivity index (χ4v) is 1.36. The molecule has 0 aliphatic carbocycles. The fraction of sp³-hybridized carbons (Fsp3) is 0.417. The number of carbonyl (C=O) groups is 1. The molecule has 0 spiro atoms. The number of Topliss-reactive ketones (excluding diaryl/α,β-unsaturated/α-hetero) is 1. The summed E-state index contributed by atoms with van der Waals surface area (Å²) in [6.45, 7) is 2.26. The van der Waals surface area contributed by atoms with Gasteiger partial charge in [0, 0.05) is 5.56 Å². The number of unbranched alkanes of at least 4 members (excludes halogenated alkanes) is 1. The zero-order valence-corrected chi connectivity index (χ0v) is 9.85. The van der Waals surface area contributed by atoms with Gasteiger partial charge in [0.25, 0.3) is 0 Å². The Balaban J connectivity index is 0.00000196. The number of nitrogens with two attached hydrogens (primary N) is 1. The van der Waals surface area contributed by atoms with E-state index in [1.165, 1.54) is 18.4 Å². The third-order valence-electron chi connectivity index (χ3n) is 2.28. The number of hydrogen-bond donors (Lipinski definition) is 1. The molecule has 3 heteroatoms. The van der Waals surface area contributed by atoms with Gasteiger partial charge in [-0.15, -0.1) is 12.4 Å². The predicted molar refractivity (Wildman–Crippen MR) is 65.7 cm³/mol. The molecule has 0 saturated heterocycles. The summed E-state index contributed by atoms with van der Waals surface area (Å²) in [4.78, 5) is 11.2. The molecule has 0 aliphatic rings. The van der Waals surface area contributed by atoms with Crippen molar-refractivity contribution in [1.82, 2.24) is 0 Å². The molecule has 15 heavy (non-hydrogen) atoms. The first-order chi connectivity index (χ1) is 6.77. The number of halogens is 1. The van der Waals surface area contributed by atoms with Gasteiger partial charge in [0.2, 0.25) is 0 Å². The molecule has 1 rings (SSSR count). The van der Waals surface area contributed by atoms with Crippen LogP contribution in [0.15, 0.2) is 24.3 Å². The second kappa shape index (κ2) is 7.43. The molecule has 0 bridgehead atoms. The van der Waals surface area contributed by atoms with Crippen LogP contribution in [-0.4, -0.2) is 12.3 Å². The Morgan fingerprint density at radius 2 is 1.87 bits per heavy atom. The van der Waals surface area contributed by atoms with Crippen LogP contribution < -0.4 is 5.73 Å². The van der Waals surface area contributed by atoms with Gasteiger partial charge in [-0.05, 0) is 18.4 Å². The summed E-state index contributed by atoms with van der Waals surface area (Å²) in [6, 6.07) is 7.75. The molecular weight excluding hydrogens is 210 g/mol. The van der Waals surface area contributed by atoms with Crippen LogP contribution in [0.4, 0.5) is 0 Å². The highest BCUT2D eigenvalue weighted by Crippen LogP contribution is 2.08. The zero-order valence-electron chi connectivity index (χ0n) is 9.03. The van der Waals surface area contributed by atoms with E-state index in [0.29, 0.717) is 5.56 Å². The van der Waals surface area contributed by atoms with Gasteiger partial charge in [-0.25, -0.2) is 0 Å². The SMILES string of the molecule is CCCCc1ccc(C(=O)CN)cc1.Cl. The summed E-state index contributed by atoms with van der Waals surface area (Å²) in [5.41, 5.74) is 7.28. The van der Waals surface area contributed by atoms with E-state index in [1.54, 1.807) is 0 Å². The van der Waals surface area contributed by atoms with E-state index in [0.717, 1.165) is 6.42 Å². The number of rotatable bonds is 5. The smallest absolute Gasteiger partial charge is 0.176 e. The lowest BCUT2D eigenvalue weighted by atomic mass is 10.0. The quantitative estimate of drug-likeness (QED) is 0.786. The van der Waals surface area contributed by atoms with E-state index < -0.39 is 0 Å². The summed E-state index contributed by atoms with van der Waals surface area (Å²) >= 11 is 0. The lowest BCUT2D eigenvalue weighted by Gasteiger charge is -2.01. The maximum Gasteiger partial charge on any atom is 0.176 e. The van der Waals surface area contributed by atoms with Gasteiger partial charge in [-0.1, -0.05) is 37.6 Å². The molecule has 0 unspecified atom stereocenters. The molecule has 0 radical (unpaired) electrons. The van der Waals surface area contributed by atoms with Gasteiger partial charge in [-0.3, -0.25) is 4.79 Å². The van der Waals surface area contributed by atoms with Crippen molar-refractivity contribution in [3.63, 3.8) is 0 Å². The highest BCUT2D eigenvalue weighted by atomic mass is 35.5. The molecule has 84 valence electrons. The van der Waals surface area contributed by atoms with E-state index >= 15 is 0 Å². The largest absolute Gasteiger partial charge is 0.324 e. The Hall–Kier alpha value is -0.860. The van der Waals surface area contributed by atoms with Crippen molar-refractivity contribution in [1.29, 1.82) is 0 Å². The number of carbonyl (C=O) groups excluding carboxylic acids is 1. The van der Waals surface area contributed by atoms with E-state index in [4.69, 9.17) is 5.73 Å². The lowest BCUT2D eigenvalue weighted by molar-refractivity contribution is 0.100. The number of aryl methyl sites for hydroxylation is 1. The first-order valence-corrected chi connectivity index (χ1v) is 5.10. The minimum Gasteiger partial charge on any atom is -0.324 e. The van der Waals surface area contributed by atoms with Crippen molar-refractivity contribution in [2.45, 2.75) is 26.2 Å². The second-order valence-corrected chi connectivity index (χ2v) is 3.43. The van der Waals surface area contributed by atoms with Crippen molar-refractivity contribution < 1.29 is 4.79 Å². The Morgan fingerprint density at radius 1 is 1.27 bits per heavy atom. The number of ketones is 1. The maximum absolute atomic E-state index is 11.2. The first-order valence-electron chi connectivity index (χ1n) is 5.10. The summed E-state index contributed by atoms with van der Waals surface area (Å²) < 4.78 is 0. The van der Waals surface area contributed by atoms with Crippen LogP contribution in [-0.2, 0) is 6.42 Å². The van der Waals surface area contributed by atoms with Crippen molar-refractivity contribution in [2.24, 2.45) is 5.73 Å². The highest BCUT2D eigenvalue weighted by Gasteiger charge is 2.01. The fourth-order valence-electron chi connectivity index (χ4n) is 1.36. The van der Waals surface area contributed by atoms with Gasteiger partial charge < -0.3 is 5.73 Å². The predicted octanol–water partition coefficient (Wildman–Crippen LogP) is 2.59. The Bertz CT molecular complexity index is 295. The average Bonchev–Trinajstić information content (AvgIpc) is 2.26. The van der Waals surface area contributed by atoms with Crippen molar-refractivity contribution in [3.05, 3.63) is 35.4 Å². The molecule has 0 heterocycles. The molecule has 0 aromatic heterocycles. The summed E-state index contributed by atoms with van der Waals surface area (Å²) in [7, 11) is 0. The molecule has 1 aromatic rings. The molecule has 2 N–H and O–H groups in total. The van der Waals surface area contributed by atoms with Gasteiger partial charge in [0.05, 0.1) is 6.54 Å². The third kappa shape index (κ3) is 4.45. The Kier molecular flexibility index (Phi) is 7.01. The molecule has 0 fully saturated rings. The van der Waals surface area contributed by atoms with Crippen LogP contribution in [0.25, 0.3) is 0 Å². The van der Waals surface area contributed by atoms with Gasteiger partial charge >= 0.3 is 0 Å². The van der Waals surface area contributed by atoms with Crippen LogP contribution in [0.3, 0.4) is 0 Å². The van der Waals surface area contributed by atoms with E-state index in [1.807, 2.05) is 24.3 Å². The van der Waals surface area contributed by atoms with E-state index in [9.17, 15) is 4.79 Å². The topological polar surface area (TPSA) is 43.1 Å². The van der Waals surface area contributed by atoms with Crippen LogP contribution in [0.5, 0.6) is 0 Å². The van der Waals surface area contributed by atoms with Crippen LogP contribution in [0, 0.1) is 0 Å². The van der Waals surface area contributed by atoms with Crippen molar-refractivity contribution in [3.8, 4) is 0 Å². The average molecular weight is 228 g/mol. The number of benzene rings is 1. The summed E-state index contributed by atoms with van der Waals surface area (Å²) in [5, 5.41) is 0. The Morgan fingerprint density at radius 3 is 2.33 bits per heavy atom. The summed E-state index contributed by atoms with van der Waals surface area (Å²) in [5.74, 6) is 0.00652. The van der Waals surface area contributed by atoms with Gasteiger partial charge in [0.15, 0.2) is 5.78 Å². The normalized spacial score (nSPS) is 9.47. The molecule has 0 aliphatic heterocycles. The monoisotopic (exact) mass is 227 g/mol. The number of hydrogen-bond acceptors (Lipinski definition) is 2. The molecule has 0 saturated carbocycles. The standard InChI is InChI=1S/C12H17NO.ClH/c1-2-3-4-10-5-7-11(8-6-10)12(14)9-13;/h5-8H,2-4,9,13H2,1H3;1H. The second-order valence-electron chi connectivity index (χ2n) is 3.43. The first kappa shape index (κ1) is 14.1. The highest BCUT2D eigenvalue weighted by molar-refractivity contribution is 5.97. The van der Waals surface area contributed by atoms with Crippen LogP contribution >= 0.6 is 12.4 Å². The molecule has 0 atom stereocenters. The lowest BCUT2D eigenvalue weighted by Crippen LogP contribution is -2.13. The minimum absolute atomic E-state index is 0. The Labute approximate surface area is 97.3 Å². The summed E-state index contributed by atoms with van der Waals surface area (Å²) in [6.07, 6.45) is 3.49. The van der Waals surface area contributed by atoms with Gasteiger partial charge in [0.1, 0.15) is 0 Å². The minimum atomic E-state index is 0. The molecule has 2 nitrogen and oxygen atoms in total. The molecule has 0 amide bonds. The zero-order chi connectivity index (χ0) is 10.4. The molecule has 1 aromatic carbocycles. The van der Waals surface area contributed by atoms with E-state index in [2.05, 4.69) is 6.92 Å². The maximum atomic E-state index is 11.2. The molecular formula is C12H18ClNO. The van der Waals surface area contributed by atoms with Crippen molar-refractivity contribution in [2.75, 3.05) is 6.54 Å². The van der Waals surface area contributed by atoms with Crippen LogP contribution in [0.2, 0.25) is 0 Å². The third-order valence-corrected chi connectivity index (χ3v) is 2.28.